The van der Waals surface area contributed by atoms with Gasteiger partial charge < -0.3 is 10.1 Å². The molecule has 1 N–H and O–H groups in total. The molecule has 0 fully saturated rings. The van der Waals surface area contributed by atoms with Crippen LogP contribution in [0.2, 0.25) is 5.02 Å². The van der Waals surface area contributed by atoms with Gasteiger partial charge in [0.1, 0.15) is 5.82 Å². The van der Waals surface area contributed by atoms with Crippen molar-refractivity contribution in [2.24, 2.45) is 0 Å². The Bertz CT molecular complexity index is 732. The molecule has 0 spiro atoms. The lowest BCUT2D eigenvalue weighted by Crippen LogP contribution is -2.21. The maximum absolute atomic E-state index is 12.8. The molecule has 2 aromatic rings. The number of rotatable bonds is 6. The van der Waals surface area contributed by atoms with Crippen molar-refractivity contribution in [3.05, 3.63) is 64.4 Å². The Kier molecular flexibility index (Phi) is 6.32. The van der Waals surface area contributed by atoms with Gasteiger partial charge in [0.15, 0.2) is 6.61 Å². The number of carbonyl (C=O) groups excluding carboxylic acids is 2. The third kappa shape index (κ3) is 5.35. The maximum Gasteiger partial charge on any atom is 0.306 e. The van der Waals surface area contributed by atoms with E-state index < -0.39 is 11.9 Å². The van der Waals surface area contributed by atoms with Crippen LogP contribution in [-0.4, -0.2) is 18.5 Å². The monoisotopic (exact) mass is 349 g/mol. The smallest absolute Gasteiger partial charge is 0.306 e. The van der Waals surface area contributed by atoms with E-state index in [1.165, 1.54) is 12.1 Å². The minimum absolute atomic E-state index is 0.120. The quantitative estimate of drug-likeness (QED) is 0.805. The minimum atomic E-state index is -0.489. The van der Waals surface area contributed by atoms with Crippen molar-refractivity contribution in [1.82, 2.24) is 0 Å². The molecule has 0 heterocycles. The van der Waals surface area contributed by atoms with E-state index in [0.29, 0.717) is 17.1 Å². The van der Waals surface area contributed by atoms with E-state index in [0.717, 1.165) is 11.1 Å². The lowest BCUT2D eigenvalue weighted by molar-refractivity contribution is -0.147. The molecule has 2 aromatic carbocycles. The van der Waals surface area contributed by atoms with Crippen molar-refractivity contribution in [3.8, 4) is 0 Å². The van der Waals surface area contributed by atoms with Crippen LogP contribution in [0.25, 0.3) is 0 Å². The highest BCUT2D eigenvalue weighted by Gasteiger charge is 2.10. The first-order valence-corrected chi connectivity index (χ1v) is 7.78. The Hall–Kier alpha value is -2.40. The molecule has 4 nitrogen and oxygen atoms in total. The van der Waals surface area contributed by atoms with E-state index in [4.69, 9.17) is 16.3 Å². The predicted molar refractivity (Wildman–Crippen MR) is 90.5 cm³/mol. The SMILES string of the molecule is Cc1c(Cl)cccc1NC(=O)COC(=O)CCc1ccc(F)cc1. The van der Waals surface area contributed by atoms with Crippen LogP contribution in [0.3, 0.4) is 0 Å². The number of benzene rings is 2. The summed E-state index contributed by atoms with van der Waals surface area (Å²) in [6.07, 6.45) is 0.545. The topological polar surface area (TPSA) is 55.4 Å². The number of halogens is 2. The predicted octanol–water partition coefficient (Wildman–Crippen LogP) is 3.90. The zero-order valence-corrected chi connectivity index (χ0v) is 13.9. The fourth-order valence-corrected chi connectivity index (χ4v) is 2.22. The molecule has 0 aromatic heterocycles. The summed E-state index contributed by atoms with van der Waals surface area (Å²) >= 11 is 5.97. The van der Waals surface area contributed by atoms with Crippen LogP contribution in [0.5, 0.6) is 0 Å². The maximum atomic E-state index is 12.8. The van der Waals surface area contributed by atoms with Gasteiger partial charge in [-0.1, -0.05) is 29.8 Å². The van der Waals surface area contributed by atoms with Gasteiger partial charge in [-0.3, -0.25) is 9.59 Å². The Morgan fingerprint density at radius 3 is 2.58 bits per heavy atom. The van der Waals surface area contributed by atoms with Crippen LogP contribution < -0.4 is 5.32 Å². The van der Waals surface area contributed by atoms with Gasteiger partial charge in [0.25, 0.3) is 5.91 Å². The van der Waals surface area contributed by atoms with Gasteiger partial charge in [-0.15, -0.1) is 0 Å². The molecule has 0 unspecified atom stereocenters. The number of nitrogens with one attached hydrogen (secondary N) is 1. The third-order valence-corrected chi connectivity index (χ3v) is 3.85. The first-order valence-electron chi connectivity index (χ1n) is 7.41. The van der Waals surface area contributed by atoms with E-state index in [-0.39, 0.29) is 18.8 Å². The molecule has 1 amide bonds. The van der Waals surface area contributed by atoms with E-state index in [1.54, 1.807) is 37.3 Å². The highest BCUT2D eigenvalue weighted by molar-refractivity contribution is 6.31. The summed E-state index contributed by atoms with van der Waals surface area (Å²) < 4.78 is 17.7. The molecule has 0 saturated heterocycles. The highest BCUT2D eigenvalue weighted by Crippen LogP contribution is 2.22. The second kappa shape index (κ2) is 8.45. The van der Waals surface area contributed by atoms with Crippen molar-refractivity contribution in [2.45, 2.75) is 19.8 Å². The van der Waals surface area contributed by atoms with E-state index in [1.807, 2.05) is 0 Å². The van der Waals surface area contributed by atoms with Crippen LogP contribution in [0.15, 0.2) is 42.5 Å². The first kappa shape index (κ1) is 17.9. The number of carbonyl (C=O) groups is 2. The number of esters is 1. The van der Waals surface area contributed by atoms with Crippen molar-refractivity contribution < 1.29 is 18.7 Å². The summed E-state index contributed by atoms with van der Waals surface area (Å²) in [5.74, 6) is -1.25. The van der Waals surface area contributed by atoms with Gasteiger partial charge in [-0.05, 0) is 48.7 Å². The first-order chi connectivity index (χ1) is 11.5. The van der Waals surface area contributed by atoms with Crippen molar-refractivity contribution in [1.29, 1.82) is 0 Å². The van der Waals surface area contributed by atoms with Gasteiger partial charge in [0.2, 0.25) is 0 Å². The summed E-state index contributed by atoms with van der Waals surface area (Å²) in [7, 11) is 0. The number of anilines is 1. The summed E-state index contributed by atoms with van der Waals surface area (Å²) in [6.45, 7) is 1.42. The Morgan fingerprint density at radius 2 is 1.88 bits per heavy atom. The zero-order chi connectivity index (χ0) is 17.5. The van der Waals surface area contributed by atoms with Crippen LogP contribution >= 0.6 is 11.6 Å². The molecule has 0 atom stereocenters. The largest absolute Gasteiger partial charge is 0.456 e. The van der Waals surface area contributed by atoms with E-state index >= 15 is 0 Å². The van der Waals surface area contributed by atoms with Gasteiger partial charge in [-0.2, -0.15) is 0 Å². The standard InChI is InChI=1S/C18H17ClFNO3/c1-12-15(19)3-2-4-16(12)21-17(22)11-24-18(23)10-7-13-5-8-14(20)9-6-13/h2-6,8-9H,7,10-11H2,1H3,(H,21,22). The molecule has 0 radical (unpaired) electrons. The normalized spacial score (nSPS) is 10.3. The van der Waals surface area contributed by atoms with Gasteiger partial charge in [-0.25, -0.2) is 4.39 Å². The van der Waals surface area contributed by atoms with Crippen LogP contribution in [0.1, 0.15) is 17.5 Å². The molecule has 0 saturated carbocycles. The zero-order valence-electron chi connectivity index (χ0n) is 13.1. The van der Waals surface area contributed by atoms with Crippen LogP contribution in [-0.2, 0) is 20.7 Å². The summed E-state index contributed by atoms with van der Waals surface area (Å²) in [6, 6.07) is 11.1. The van der Waals surface area contributed by atoms with Crippen molar-refractivity contribution in [2.75, 3.05) is 11.9 Å². The highest BCUT2D eigenvalue weighted by atomic mass is 35.5. The molecule has 0 aliphatic heterocycles. The van der Waals surface area contributed by atoms with Gasteiger partial charge in [0.05, 0.1) is 0 Å². The second-order valence-electron chi connectivity index (χ2n) is 5.25. The average Bonchev–Trinajstić information content (AvgIpc) is 2.56. The fourth-order valence-electron chi connectivity index (χ4n) is 2.04. The Morgan fingerprint density at radius 1 is 1.17 bits per heavy atom. The molecular formula is C18H17ClFNO3. The molecular weight excluding hydrogens is 333 g/mol. The Balaban J connectivity index is 1.75. The van der Waals surface area contributed by atoms with Crippen LogP contribution in [0, 0.1) is 12.7 Å². The lowest BCUT2D eigenvalue weighted by atomic mass is 10.1. The number of aryl methyl sites for hydroxylation is 1. The van der Waals surface area contributed by atoms with Crippen LogP contribution in [0.4, 0.5) is 10.1 Å². The molecule has 2 rings (SSSR count). The second-order valence-corrected chi connectivity index (χ2v) is 5.65. The summed E-state index contributed by atoms with van der Waals surface area (Å²) in [5, 5.41) is 3.19. The molecule has 0 aliphatic carbocycles. The molecule has 24 heavy (non-hydrogen) atoms. The summed E-state index contributed by atoms with van der Waals surface area (Å²) in [5.41, 5.74) is 2.15. The molecule has 126 valence electrons. The van der Waals surface area contributed by atoms with Gasteiger partial charge in [0, 0.05) is 17.1 Å². The number of amides is 1. The lowest BCUT2D eigenvalue weighted by Gasteiger charge is -2.10. The minimum Gasteiger partial charge on any atom is -0.456 e. The molecule has 0 aliphatic rings. The number of hydrogen-bond donors (Lipinski definition) is 1. The number of ether oxygens (including phenoxy) is 1. The average molecular weight is 350 g/mol. The molecule has 6 heteroatoms. The number of hydrogen-bond acceptors (Lipinski definition) is 3. The van der Waals surface area contributed by atoms with Crippen molar-refractivity contribution in [3.63, 3.8) is 0 Å². The Labute approximate surface area is 144 Å². The van der Waals surface area contributed by atoms with Crippen molar-refractivity contribution >= 4 is 29.2 Å². The van der Waals surface area contributed by atoms with Gasteiger partial charge >= 0.3 is 5.97 Å². The molecule has 0 bridgehead atoms. The summed E-state index contributed by atoms with van der Waals surface area (Å²) in [4.78, 5) is 23.5. The third-order valence-electron chi connectivity index (χ3n) is 3.44. The van der Waals surface area contributed by atoms with E-state index in [9.17, 15) is 14.0 Å². The van der Waals surface area contributed by atoms with E-state index in [2.05, 4.69) is 5.32 Å². The fraction of sp³-hybridized carbons (Fsp3) is 0.222.